The van der Waals surface area contributed by atoms with Crippen molar-refractivity contribution in [2.75, 3.05) is 13.6 Å². The molecule has 0 radical (unpaired) electrons. The minimum absolute atomic E-state index is 0.906. The molecule has 1 rings (SSSR count). The van der Waals surface area contributed by atoms with Gasteiger partial charge in [0.2, 0.25) is 0 Å². The predicted octanol–water partition coefficient (Wildman–Crippen LogP) is 2.11. The Balaban J connectivity index is 3.04. The van der Waals surface area contributed by atoms with E-state index in [1.165, 1.54) is 5.57 Å². The van der Waals surface area contributed by atoms with Crippen molar-refractivity contribution in [2.45, 2.75) is 0 Å². The van der Waals surface area contributed by atoms with E-state index in [-0.39, 0.29) is 0 Å². The first kappa shape index (κ1) is 7.86. The zero-order valence-electron chi connectivity index (χ0n) is 6.93. The molecule has 0 aromatic heterocycles. The van der Waals surface area contributed by atoms with Gasteiger partial charge in [0.25, 0.3) is 0 Å². The largest absolute Gasteiger partial charge is 0.370 e. The van der Waals surface area contributed by atoms with Gasteiger partial charge in [0.05, 0.1) is 0 Å². The van der Waals surface area contributed by atoms with Crippen molar-refractivity contribution >= 4 is 0 Å². The third-order valence-electron chi connectivity index (χ3n) is 1.98. The van der Waals surface area contributed by atoms with Gasteiger partial charge in [0.1, 0.15) is 0 Å². The van der Waals surface area contributed by atoms with E-state index in [4.69, 9.17) is 0 Å². The normalized spacial score (nSPS) is 17.5. The summed E-state index contributed by atoms with van der Waals surface area (Å²) in [4.78, 5) is 2.09. The zero-order chi connectivity index (χ0) is 8.43. The first-order chi connectivity index (χ1) is 5.20. The van der Waals surface area contributed by atoms with E-state index < -0.39 is 0 Å². The van der Waals surface area contributed by atoms with Gasteiger partial charge in [0, 0.05) is 24.9 Å². The number of nitrogens with zero attached hydrogens (tertiary/aromatic N) is 1. The molecule has 58 valence electrons. The predicted molar refractivity (Wildman–Crippen MR) is 49.2 cm³/mol. The van der Waals surface area contributed by atoms with Crippen LogP contribution < -0.4 is 0 Å². The summed E-state index contributed by atoms with van der Waals surface area (Å²) < 4.78 is 0. The van der Waals surface area contributed by atoms with Crippen molar-refractivity contribution in [3.8, 4) is 0 Å². The second-order valence-corrected chi connectivity index (χ2v) is 2.65. The molecule has 0 unspecified atom stereocenters. The second-order valence-electron chi connectivity index (χ2n) is 2.65. The van der Waals surface area contributed by atoms with E-state index in [1.807, 2.05) is 19.2 Å². The van der Waals surface area contributed by atoms with Crippen LogP contribution in [0.2, 0.25) is 0 Å². The van der Waals surface area contributed by atoms with Gasteiger partial charge >= 0.3 is 0 Å². The van der Waals surface area contributed by atoms with Crippen LogP contribution in [0.5, 0.6) is 0 Å². The fourth-order valence-corrected chi connectivity index (χ4v) is 1.25. The zero-order valence-corrected chi connectivity index (χ0v) is 6.93. The molecule has 0 atom stereocenters. The van der Waals surface area contributed by atoms with Crippen LogP contribution >= 0.6 is 0 Å². The van der Waals surface area contributed by atoms with Gasteiger partial charge in [-0.2, -0.15) is 0 Å². The lowest BCUT2D eigenvalue weighted by Crippen LogP contribution is -2.11. The van der Waals surface area contributed by atoms with Crippen molar-refractivity contribution in [3.05, 3.63) is 48.7 Å². The van der Waals surface area contributed by atoms with Crippen LogP contribution in [0.15, 0.2) is 48.7 Å². The monoisotopic (exact) mass is 147 g/mol. The molecule has 1 aliphatic heterocycles. The summed E-state index contributed by atoms with van der Waals surface area (Å²) in [7, 11) is 2.02. The minimum atomic E-state index is 0.906. The Morgan fingerprint density at radius 1 is 1.36 bits per heavy atom. The van der Waals surface area contributed by atoms with Crippen LogP contribution in [-0.2, 0) is 0 Å². The highest BCUT2D eigenvalue weighted by molar-refractivity contribution is 5.49. The third kappa shape index (κ3) is 1.14. The Bertz CT molecular complexity index is 246. The Hall–Kier alpha value is -1.24. The summed E-state index contributed by atoms with van der Waals surface area (Å²) in [6.07, 6.45) is 3.70. The number of hydrogen-bond donors (Lipinski definition) is 0. The molecule has 11 heavy (non-hydrogen) atoms. The third-order valence-corrected chi connectivity index (χ3v) is 1.98. The van der Waals surface area contributed by atoms with Crippen LogP contribution in [0.4, 0.5) is 0 Å². The van der Waals surface area contributed by atoms with Gasteiger partial charge in [-0.05, 0) is 5.57 Å². The van der Waals surface area contributed by atoms with E-state index in [9.17, 15) is 0 Å². The molecule has 0 fully saturated rings. The fourth-order valence-electron chi connectivity index (χ4n) is 1.25. The maximum atomic E-state index is 3.93. The quantitative estimate of drug-likeness (QED) is 0.578. The van der Waals surface area contributed by atoms with Crippen molar-refractivity contribution in [3.63, 3.8) is 0 Å². The molecule has 1 heterocycles. The molecule has 1 aliphatic rings. The Morgan fingerprint density at radius 3 is 2.36 bits per heavy atom. The maximum absolute atomic E-state index is 3.93. The molecule has 1 heteroatoms. The van der Waals surface area contributed by atoms with Crippen LogP contribution in [-0.4, -0.2) is 18.5 Å². The Kier molecular flexibility index (Phi) is 1.99. The van der Waals surface area contributed by atoms with Gasteiger partial charge in [0.15, 0.2) is 0 Å². The van der Waals surface area contributed by atoms with Crippen molar-refractivity contribution in [1.29, 1.82) is 0 Å². The topological polar surface area (TPSA) is 3.24 Å². The SMILES string of the molecule is C=CC1=C(C=C)C(=C)N(C)C1. The molecule has 0 spiro atoms. The van der Waals surface area contributed by atoms with E-state index >= 15 is 0 Å². The molecule has 0 saturated heterocycles. The average Bonchev–Trinajstić information content (AvgIpc) is 2.28. The number of hydrogen-bond acceptors (Lipinski definition) is 1. The number of rotatable bonds is 2. The van der Waals surface area contributed by atoms with E-state index in [0.29, 0.717) is 0 Å². The Labute approximate surface area is 68.0 Å². The van der Waals surface area contributed by atoms with E-state index in [1.54, 1.807) is 0 Å². The first-order valence-electron chi connectivity index (χ1n) is 3.59. The molecule has 0 aromatic rings. The molecule has 0 aliphatic carbocycles. The molecule has 1 nitrogen and oxygen atoms in total. The smallest absolute Gasteiger partial charge is 0.0432 e. The average molecular weight is 147 g/mol. The fraction of sp³-hybridized carbons (Fsp3) is 0.200. The highest BCUT2D eigenvalue weighted by atomic mass is 15.1. The number of allylic oxidation sites excluding steroid dienone is 1. The minimum Gasteiger partial charge on any atom is -0.370 e. The van der Waals surface area contributed by atoms with E-state index in [2.05, 4.69) is 24.6 Å². The van der Waals surface area contributed by atoms with Gasteiger partial charge in [-0.3, -0.25) is 0 Å². The summed E-state index contributed by atoms with van der Waals surface area (Å²) in [6.45, 7) is 12.3. The summed E-state index contributed by atoms with van der Waals surface area (Å²) >= 11 is 0. The van der Waals surface area contributed by atoms with Gasteiger partial charge in [-0.15, -0.1) is 0 Å². The molecule has 0 N–H and O–H groups in total. The molecule has 0 bridgehead atoms. The molecular formula is C10H13N. The van der Waals surface area contributed by atoms with Crippen LogP contribution in [0, 0.1) is 0 Å². The van der Waals surface area contributed by atoms with Crippen LogP contribution in [0.1, 0.15) is 0 Å². The summed E-state index contributed by atoms with van der Waals surface area (Å²) in [5.74, 6) is 0. The van der Waals surface area contributed by atoms with Crippen LogP contribution in [0.25, 0.3) is 0 Å². The van der Waals surface area contributed by atoms with E-state index in [0.717, 1.165) is 17.8 Å². The van der Waals surface area contributed by atoms with Crippen molar-refractivity contribution < 1.29 is 0 Å². The lowest BCUT2D eigenvalue weighted by molar-refractivity contribution is 0.495. The molecular weight excluding hydrogens is 134 g/mol. The number of likely N-dealkylation sites (N-methyl/N-ethyl adjacent to an activating group) is 1. The molecule has 0 saturated carbocycles. The summed E-state index contributed by atoms with van der Waals surface area (Å²) in [5.41, 5.74) is 3.38. The Morgan fingerprint density at radius 2 is 2.00 bits per heavy atom. The van der Waals surface area contributed by atoms with Gasteiger partial charge in [-0.1, -0.05) is 31.9 Å². The molecule has 0 aromatic carbocycles. The van der Waals surface area contributed by atoms with Crippen molar-refractivity contribution in [1.82, 2.24) is 4.90 Å². The highest BCUT2D eigenvalue weighted by Crippen LogP contribution is 2.26. The second kappa shape index (κ2) is 2.79. The maximum Gasteiger partial charge on any atom is 0.0432 e. The van der Waals surface area contributed by atoms with Crippen LogP contribution in [0.3, 0.4) is 0 Å². The van der Waals surface area contributed by atoms with Gasteiger partial charge in [-0.25, -0.2) is 0 Å². The lowest BCUT2D eigenvalue weighted by Gasteiger charge is -2.11. The first-order valence-corrected chi connectivity index (χ1v) is 3.59. The highest BCUT2D eigenvalue weighted by Gasteiger charge is 2.17. The lowest BCUT2D eigenvalue weighted by atomic mass is 10.1. The molecule has 0 amide bonds. The van der Waals surface area contributed by atoms with Gasteiger partial charge < -0.3 is 4.90 Å². The summed E-state index contributed by atoms with van der Waals surface area (Å²) in [5, 5.41) is 0. The van der Waals surface area contributed by atoms with Crippen molar-refractivity contribution in [2.24, 2.45) is 0 Å². The summed E-state index contributed by atoms with van der Waals surface area (Å²) in [6, 6.07) is 0. The standard InChI is InChI=1S/C10H13N/c1-5-9-7-11(4)8(3)10(9)6-2/h5-6H,1-3,7H2,4H3.